The minimum absolute atomic E-state index is 0.178. The van der Waals surface area contributed by atoms with E-state index in [1.165, 1.54) is 32.1 Å². The third kappa shape index (κ3) is 4.24. The Balaban J connectivity index is 1.46. The number of carbonyl (C=O) groups is 1. The molecule has 2 aromatic rings. The van der Waals surface area contributed by atoms with Gasteiger partial charge in [0.25, 0.3) is 0 Å². The summed E-state index contributed by atoms with van der Waals surface area (Å²) in [4.78, 5) is 17.0. The number of nitrogens with zero attached hydrogens (tertiary/aromatic N) is 3. The highest BCUT2D eigenvalue weighted by atomic mass is 32.2. The summed E-state index contributed by atoms with van der Waals surface area (Å²) in [6, 6.07) is 9.09. The third-order valence-corrected chi connectivity index (χ3v) is 11.0. The summed E-state index contributed by atoms with van der Waals surface area (Å²) < 4.78 is 54.9. The Morgan fingerprint density at radius 1 is 0.938 bits per heavy atom. The number of rotatable bonds is 5. The van der Waals surface area contributed by atoms with Crippen molar-refractivity contribution < 1.29 is 21.6 Å². The molecule has 1 amide bonds. The van der Waals surface area contributed by atoms with Crippen LogP contribution >= 0.6 is 11.3 Å². The highest BCUT2D eigenvalue weighted by Gasteiger charge is 2.42. The second-order valence-electron chi connectivity index (χ2n) is 8.09. The molecule has 3 heterocycles. The molecule has 2 fully saturated rings. The Morgan fingerprint density at radius 3 is 2.19 bits per heavy atom. The van der Waals surface area contributed by atoms with Crippen LogP contribution in [0.5, 0.6) is 0 Å². The fourth-order valence-corrected chi connectivity index (χ4v) is 8.98. The molecule has 0 bridgehead atoms. The van der Waals surface area contributed by atoms with Crippen LogP contribution in [0, 0.1) is 13.8 Å². The van der Waals surface area contributed by atoms with Crippen LogP contribution in [-0.4, -0.2) is 75.0 Å². The van der Waals surface area contributed by atoms with Gasteiger partial charge in [-0.2, -0.15) is 8.61 Å². The molecule has 11 heteroatoms. The normalized spacial score (nSPS) is 21.2. The summed E-state index contributed by atoms with van der Waals surface area (Å²) in [6.07, 6.45) is 1.09. The molecule has 0 aliphatic carbocycles. The summed E-state index contributed by atoms with van der Waals surface area (Å²) >= 11 is 1.45. The van der Waals surface area contributed by atoms with Crippen LogP contribution in [0.25, 0.3) is 0 Å². The quantitative estimate of drug-likeness (QED) is 0.630. The van der Waals surface area contributed by atoms with Gasteiger partial charge in [0.1, 0.15) is 6.04 Å². The molecule has 2 aliphatic heterocycles. The Morgan fingerprint density at radius 2 is 1.59 bits per heavy atom. The number of amides is 1. The summed E-state index contributed by atoms with van der Waals surface area (Å²) in [5.74, 6) is -0.249. The first-order valence-corrected chi connectivity index (χ1v) is 14.2. The Kier molecular flexibility index (Phi) is 6.47. The number of sulfonamides is 2. The molecule has 1 aromatic heterocycles. The Bertz CT molecular complexity index is 1200. The zero-order chi connectivity index (χ0) is 23.1. The number of hydrogen-bond donors (Lipinski definition) is 0. The topological polar surface area (TPSA) is 95.1 Å². The molecule has 1 unspecified atom stereocenters. The zero-order valence-corrected chi connectivity index (χ0v) is 20.5. The molecule has 0 spiro atoms. The van der Waals surface area contributed by atoms with E-state index in [9.17, 15) is 21.6 Å². The van der Waals surface area contributed by atoms with Gasteiger partial charge in [-0.3, -0.25) is 4.79 Å². The van der Waals surface area contributed by atoms with Crippen molar-refractivity contribution in [1.82, 2.24) is 13.5 Å². The number of hydrogen-bond acceptors (Lipinski definition) is 6. The van der Waals surface area contributed by atoms with Gasteiger partial charge in [0.05, 0.1) is 9.79 Å². The van der Waals surface area contributed by atoms with Crippen LogP contribution in [-0.2, 0) is 24.8 Å². The highest BCUT2D eigenvalue weighted by molar-refractivity contribution is 7.89. The van der Waals surface area contributed by atoms with E-state index < -0.39 is 26.1 Å². The van der Waals surface area contributed by atoms with Crippen molar-refractivity contribution in [2.45, 2.75) is 42.5 Å². The van der Waals surface area contributed by atoms with Gasteiger partial charge < -0.3 is 4.90 Å². The lowest BCUT2D eigenvalue weighted by molar-refractivity contribution is -0.135. The highest BCUT2D eigenvalue weighted by Crippen LogP contribution is 2.30. The van der Waals surface area contributed by atoms with Crippen molar-refractivity contribution in [2.24, 2.45) is 0 Å². The lowest BCUT2D eigenvalue weighted by Gasteiger charge is -2.36. The van der Waals surface area contributed by atoms with Crippen LogP contribution in [0.15, 0.2) is 46.2 Å². The number of thiophene rings is 1. The van der Waals surface area contributed by atoms with Gasteiger partial charge in [-0.1, -0.05) is 18.2 Å². The molecule has 174 valence electrons. The molecule has 0 saturated carbocycles. The van der Waals surface area contributed by atoms with Gasteiger partial charge in [0, 0.05) is 42.5 Å². The van der Waals surface area contributed by atoms with Crippen molar-refractivity contribution in [3.05, 3.63) is 46.2 Å². The fraction of sp³-hybridized carbons (Fsp3) is 0.476. The maximum atomic E-state index is 13.2. The maximum Gasteiger partial charge on any atom is 0.244 e. The third-order valence-electron chi connectivity index (χ3n) is 6.00. The number of benzene rings is 1. The van der Waals surface area contributed by atoms with Crippen LogP contribution < -0.4 is 0 Å². The molecule has 2 saturated heterocycles. The predicted molar refractivity (Wildman–Crippen MR) is 122 cm³/mol. The minimum atomic E-state index is -3.76. The molecule has 0 N–H and O–H groups in total. The average Bonchev–Trinajstić information content (AvgIpc) is 3.41. The van der Waals surface area contributed by atoms with Crippen molar-refractivity contribution in [1.29, 1.82) is 0 Å². The summed E-state index contributed by atoms with van der Waals surface area (Å²) in [6.45, 7) is 4.86. The van der Waals surface area contributed by atoms with Crippen LogP contribution in [0.1, 0.15) is 22.6 Å². The van der Waals surface area contributed by atoms with E-state index >= 15 is 0 Å². The molecular weight excluding hydrogens is 470 g/mol. The molecule has 8 nitrogen and oxygen atoms in total. The van der Waals surface area contributed by atoms with Gasteiger partial charge in [-0.05, 0) is 44.9 Å². The van der Waals surface area contributed by atoms with Crippen molar-refractivity contribution in [3.63, 3.8) is 0 Å². The van der Waals surface area contributed by atoms with E-state index in [0.717, 1.165) is 9.75 Å². The summed E-state index contributed by atoms with van der Waals surface area (Å²) in [5.41, 5.74) is 0. The van der Waals surface area contributed by atoms with Crippen molar-refractivity contribution in [3.8, 4) is 0 Å². The van der Waals surface area contributed by atoms with E-state index in [-0.39, 0.29) is 37.0 Å². The second-order valence-corrected chi connectivity index (χ2v) is 13.4. The number of carbonyl (C=O) groups excluding carboxylic acids is 1. The minimum Gasteiger partial charge on any atom is -0.339 e. The SMILES string of the molecule is Cc1cc(S(=O)(=O)N2CCN(C(=O)C3CCCN3S(=O)(=O)c3ccccc3)CC2)c(C)s1. The maximum absolute atomic E-state index is 13.2. The second kappa shape index (κ2) is 8.86. The Labute approximate surface area is 193 Å². The zero-order valence-electron chi connectivity index (χ0n) is 18.1. The lowest BCUT2D eigenvalue weighted by atomic mass is 10.2. The monoisotopic (exact) mass is 497 g/mol. The molecule has 4 rings (SSSR count). The van der Waals surface area contributed by atoms with Gasteiger partial charge in [0.2, 0.25) is 26.0 Å². The van der Waals surface area contributed by atoms with E-state index in [4.69, 9.17) is 0 Å². The fourth-order valence-electron chi connectivity index (χ4n) is 4.36. The molecule has 1 aromatic carbocycles. The number of piperazine rings is 1. The first-order chi connectivity index (χ1) is 15.1. The molecule has 0 radical (unpaired) electrons. The smallest absolute Gasteiger partial charge is 0.244 e. The van der Waals surface area contributed by atoms with E-state index in [1.807, 2.05) is 6.92 Å². The van der Waals surface area contributed by atoms with E-state index in [1.54, 1.807) is 36.1 Å². The van der Waals surface area contributed by atoms with Crippen molar-refractivity contribution in [2.75, 3.05) is 32.7 Å². The van der Waals surface area contributed by atoms with Crippen LogP contribution in [0.4, 0.5) is 0 Å². The predicted octanol–water partition coefficient (Wildman–Crippen LogP) is 2.05. The van der Waals surface area contributed by atoms with Gasteiger partial charge in [-0.15, -0.1) is 11.3 Å². The molecular formula is C21H27N3O5S3. The van der Waals surface area contributed by atoms with E-state index in [2.05, 4.69) is 0 Å². The number of aryl methyl sites for hydroxylation is 2. The van der Waals surface area contributed by atoms with Crippen molar-refractivity contribution >= 4 is 37.3 Å². The first-order valence-electron chi connectivity index (χ1n) is 10.6. The largest absolute Gasteiger partial charge is 0.339 e. The van der Waals surface area contributed by atoms with Gasteiger partial charge >= 0.3 is 0 Å². The van der Waals surface area contributed by atoms with E-state index in [0.29, 0.717) is 24.3 Å². The first kappa shape index (κ1) is 23.4. The lowest BCUT2D eigenvalue weighted by Crippen LogP contribution is -2.55. The van der Waals surface area contributed by atoms with Gasteiger partial charge in [0.15, 0.2) is 0 Å². The van der Waals surface area contributed by atoms with Crippen LogP contribution in [0.3, 0.4) is 0 Å². The summed E-state index contributed by atoms with van der Waals surface area (Å²) in [5, 5.41) is 0. The molecule has 1 atom stereocenters. The Hall–Kier alpha value is -1.79. The molecule has 2 aliphatic rings. The summed E-state index contributed by atoms with van der Waals surface area (Å²) in [7, 11) is -7.37. The van der Waals surface area contributed by atoms with Crippen LogP contribution in [0.2, 0.25) is 0 Å². The van der Waals surface area contributed by atoms with Gasteiger partial charge in [-0.25, -0.2) is 16.8 Å². The standard InChI is InChI=1S/C21H27N3O5S3/c1-16-15-20(17(2)30-16)32(28,29)23-13-11-22(12-14-23)21(25)19-9-6-10-24(19)31(26,27)18-7-4-3-5-8-18/h3-5,7-8,15,19H,6,9-14H2,1-2H3. The molecule has 32 heavy (non-hydrogen) atoms. The average molecular weight is 498 g/mol.